The molecule has 1 N–H and O–H groups in total. The lowest BCUT2D eigenvalue weighted by molar-refractivity contribution is 0.0625. The van der Waals surface area contributed by atoms with E-state index in [9.17, 15) is 0 Å². The molecule has 0 unspecified atom stereocenters. The lowest BCUT2D eigenvalue weighted by atomic mass is 9.96. The van der Waals surface area contributed by atoms with Gasteiger partial charge in [0.05, 0.1) is 0 Å². The normalized spacial score (nSPS) is 24.0. The van der Waals surface area contributed by atoms with Crippen LogP contribution in [-0.4, -0.2) is 50.8 Å². The van der Waals surface area contributed by atoms with E-state index in [1.807, 2.05) is 0 Å². The zero-order chi connectivity index (χ0) is 15.4. The third-order valence-electron chi connectivity index (χ3n) is 5.79. The molecule has 134 valence electrons. The number of ether oxygens (including phenoxy) is 1. The minimum atomic E-state index is 0. The summed E-state index contributed by atoms with van der Waals surface area (Å²) in [5.41, 5.74) is 0.599. The quantitative estimate of drug-likeness (QED) is 0.378. The molecule has 2 saturated carbocycles. The predicted octanol–water partition coefficient (Wildman–Crippen LogP) is 3.51. The van der Waals surface area contributed by atoms with Crippen molar-refractivity contribution >= 4 is 29.9 Å². The summed E-state index contributed by atoms with van der Waals surface area (Å²) in [6, 6.07) is 0. The van der Waals surface area contributed by atoms with Gasteiger partial charge in [0.15, 0.2) is 5.96 Å². The molecule has 1 aliphatic heterocycles. The van der Waals surface area contributed by atoms with Crippen molar-refractivity contribution < 1.29 is 4.74 Å². The van der Waals surface area contributed by atoms with Gasteiger partial charge in [-0.05, 0) is 69.1 Å². The van der Waals surface area contributed by atoms with Gasteiger partial charge in [0.1, 0.15) is 0 Å². The van der Waals surface area contributed by atoms with Crippen LogP contribution in [0.1, 0.15) is 51.9 Å². The molecule has 4 nitrogen and oxygen atoms in total. The van der Waals surface area contributed by atoms with Gasteiger partial charge in [0.25, 0.3) is 0 Å². The Morgan fingerprint density at radius 1 is 1.22 bits per heavy atom. The number of hydrogen-bond donors (Lipinski definition) is 1. The van der Waals surface area contributed by atoms with Gasteiger partial charge in [-0.3, -0.25) is 4.99 Å². The van der Waals surface area contributed by atoms with Crippen LogP contribution < -0.4 is 5.32 Å². The van der Waals surface area contributed by atoms with Gasteiger partial charge in [0, 0.05) is 39.9 Å². The Hall–Kier alpha value is -0.0400. The van der Waals surface area contributed by atoms with Gasteiger partial charge >= 0.3 is 0 Å². The minimum Gasteiger partial charge on any atom is -0.381 e. The Bertz CT molecular complexity index is 388. The molecule has 0 amide bonds. The molecule has 0 aromatic rings. The average molecular weight is 435 g/mol. The van der Waals surface area contributed by atoms with Crippen molar-refractivity contribution in [2.24, 2.45) is 22.2 Å². The number of rotatable bonds is 7. The molecular weight excluding hydrogens is 401 g/mol. The Morgan fingerprint density at radius 2 is 1.91 bits per heavy atom. The van der Waals surface area contributed by atoms with E-state index in [1.165, 1.54) is 44.9 Å². The molecule has 1 saturated heterocycles. The molecule has 0 aromatic heterocycles. The number of nitrogens with zero attached hydrogens (tertiary/aromatic N) is 2. The van der Waals surface area contributed by atoms with Gasteiger partial charge in [-0.2, -0.15) is 0 Å². The van der Waals surface area contributed by atoms with Gasteiger partial charge < -0.3 is 15.0 Å². The van der Waals surface area contributed by atoms with Crippen LogP contribution in [0.4, 0.5) is 0 Å². The molecule has 1 heterocycles. The highest BCUT2D eigenvalue weighted by Crippen LogP contribution is 2.61. The Kier molecular flexibility index (Phi) is 7.45. The third-order valence-corrected chi connectivity index (χ3v) is 5.79. The van der Waals surface area contributed by atoms with E-state index in [2.05, 4.69) is 24.2 Å². The van der Waals surface area contributed by atoms with E-state index in [0.717, 1.165) is 50.6 Å². The fourth-order valence-corrected chi connectivity index (χ4v) is 3.77. The van der Waals surface area contributed by atoms with Crippen LogP contribution in [0.25, 0.3) is 0 Å². The highest BCUT2D eigenvalue weighted by atomic mass is 127. The molecule has 0 aromatic carbocycles. The predicted molar refractivity (Wildman–Crippen MR) is 107 cm³/mol. The maximum atomic E-state index is 5.45. The molecular formula is C18H34IN3O. The molecule has 3 rings (SSSR count). The van der Waals surface area contributed by atoms with Crippen LogP contribution in [0.5, 0.6) is 0 Å². The summed E-state index contributed by atoms with van der Waals surface area (Å²) < 4.78 is 5.45. The van der Waals surface area contributed by atoms with Crippen LogP contribution in [0, 0.1) is 17.3 Å². The Morgan fingerprint density at radius 3 is 2.48 bits per heavy atom. The fraction of sp³-hybridized carbons (Fsp3) is 0.944. The summed E-state index contributed by atoms with van der Waals surface area (Å²) in [4.78, 5) is 7.31. The van der Waals surface area contributed by atoms with Gasteiger partial charge in [-0.1, -0.05) is 0 Å². The SMILES string of the molecule is CCNC(=NCC1(C2CC2)CC1)N(C)CCC1CCOCC1.I. The molecule has 3 aliphatic rings. The second kappa shape index (κ2) is 8.88. The summed E-state index contributed by atoms with van der Waals surface area (Å²) in [6.07, 6.45) is 9.44. The molecule has 0 atom stereocenters. The van der Waals surface area contributed by atoms with Crippen LogP contribution in [0.15, 0.2) is 4.99 Å². The van der Waals surface area contributed by atoms with Crippen molar-refractivity contribution in [3.8, 4) is 0 Å². The highest BCUT2D eigenvalue weighted by molar-refractivity contribution is 14.0. The summed E-state index contributed by atoms with van der Waals surface area (Å²) in [6.45, 7) is 7.17. The standard InChI is InChI=1S/C18H33N3O.HI/c1-3-19-17(20-14-18(9-10-18)16-4-5-16)21(2)11-6-15-7-12-22-13-8-15;/h15-16H,3-14H2,1-2H3,(H,19,20);1H. The fourth-order valence-electron chi connectivity index (χ4n) is 3.77. The third kappa shape index (κ3) is 5.48. The molecule has 3 fully saturated rings. The van der Waals surface area contributed by atoms with Crippen molar-refractivity contribution in [2.75, 3.05) is 39.9 Å². The van der Waals surface area contributed by atoms with E-state index < -0.39 is 0 Å². The van der Waals surface area contributed by atoms with Gasteiger partial charge in [-0.25, -0.2) is 0 Å². The maximum absolute atomic E-state index is 5.45. The van der Waals surface area contributed by atoms with E-state index in [0.29, 0.717) is 5.41 Å². The van der Waals surface area contributed by atoms with Crippen LogP contribution in [0.3, 0.4) is 0 Å². The molecule has 23 heavy (non-hydrogen) atoms. The number of hydrogen-bond acceptors (Lipinski definition) is 2. The van der Waals surface area contributed by atoms with Gasteiger partial charge in [0.2, 0.25) is 0 Å². The van der Waals surface area contributed by atoms with E-state index in [4.69, 9.17) is 9.73 Å². The van der Waals surface area contributed by atoms with Gasteiger partial charge in [-0.15, -0.1) is 24.0 Å². The highest BCUT2D eigenvalue weighted by Gasteiger charge is 2.53. The van der Waals surface area contributed by atoms with E-state index in [-0.39, 0.29) is 24.0 Å². The maximum Gasteiger partial charge on any atom is 0.193 e. The molecule has 5 heteroatoms. The second-order valence-electron chi connectivity index (χ2n) is 7.57. The zero-order valence-corrected chi connectivity index (χ0v) is 17.2. The number of halogens is 1. The van der Waals surface area contributed by atoms with Crippen LogP contribution in [-0.2, 0) is 4.74 Å². The first-order chi connectivity index (χ1) is 10.7. The summed E-state index contributed by atoms with van der Waals surface area (Å²) in [7, 11) is 2.19. The lowest BCUT2D eigenvalue weighted by Crippen LogP contribution is -2.40. The van der Waals surface area contributed by atoms with E-state index >= 15 is 0 Å². The Labute approximate surface area is 158 Å². The second-order valence-corrected chi connectivity index (χ2v) is 7.57. The molecule has 0 radical (unpaired) electrons. The first-order valence-electron chi connectivity index (χ1n) is 9.31. The van der Waals surface area contributed by atoms with Crippen LogP contribution in [0.2, 0.25) is 0 Å². The number of guanidine groups is 1. The van der Waals surface area contributed by atoms with Crippen LogP contribution >= 0.6 is 24.0 Å². The molecule has 0 bridgehead atoms. The summed E-state index contributed by atoms with van der Waals surface area (Å²) in [5.74, 6) is 2.94. The monoisotopic (exact) mass is 435 g/mol. The number of aliphatic imine (C=N–C) groups is 1. The summed E-state index contributed by atoms with van der Waals surface area (Å²) in [5, 5.41) is 3.48. The minimum absolute atomic E-state index is 0. The first kappa shape index (κ1) is 19.3. The number of nitrogens with one attached hydrogen (secondary N) is 1. The molecule has 0 spiro atoms. The lowest BCUT2D eigenvalue weighted by Gasteiger charge is -2.27. The largest absolute Gasteiger partial charge is 0.381 e. The van der Waals surface area contributed by atoms with Crippen molar-refractivity contribution in [1.82, 2.24) is 10.2 Å². The summed E-state index contributed by atoms with van der Waals surface area (Å²) >= 11 is 0. The van der Waals surface area contributed by atoms with Crippen molar-refractivity contribution in [3.05, 3.63) is 0 Å². The Balaban J connectivity index is 0.00000192. The average Bonchev–Trinajstić information content (AvgIpc) is 3.42. The first-order valence-corrected chi connectivity index (χ1v) is 9.31. The molecule has 2 aliphatic carbocycles. The topological polar surface area (TPSA) is 36.9 Å². The van der Waals surface area contributed by atoms with E-state index in [1.54, 1.807) is 0 Å². The smallest absolute Gasteiger partial charge is 0.193 e. The zero-order valence-electron chi connectivity index (χ0n) is 14.9. The van der Waals surface area contributed by atoms with Crippen molar-refractivity contribution in [3.63, 3.8) is 0 Å². The van der Waals surface area contributed by atoms with Crippen molar-refractivity contribution in [2.45, 2.75) is 51.9 Å². The van der Waals surface area contributed by atoms with Crippen molar-refractivity contribution in [1.29, 1.82) is 0 Å².